The van der Waals surface area contributed by atoms with Crippen LogP contribution in [0, 0.1) is 0 Å². The average Bonchev–Trinajstić information content (AvgIpc) is 3.24. The maximum Gasteiger partial charge on any atom is 0.430 e. The third-order valence-electron chi connectivity index (χ3n) is 7.21. The van der Waals surface area contributed by atoms with E-state index in [4.69, 9.17) is 9.90 Å². The summed E-state index contributed by atoms with van der Waals surface area (Å²) in [4.78, 5) is 33.4. The summed E-state index contributed by atoms with van der Waals surface area (Å²) in [5.41, 5.74) is 0. The zero-order valence-electron chi connectivity index (χ0n) is 24.1. The third kappa shape index (κ3) is 18.8. The predicted molar refractivity (Wildman–Crippen MR) is 147 cm³/mol. The summed E-state index contributed by atoms with van der Waals surface area (Å²) in [6.07, 6.45) is 24.1. The number of likely N-dealkylation sites (tertiary alicyclic amines) is 1. The Morgan fingerprint density at radius 3 is 1.32 bits per heavy atom. The molecule has 1 fully saturated rings. The number of carboxylic acids is 1. The number of alkyl halides is 3. The van der Waals surface area contributed by atoms with E-state index < -0.39 is 12.1 Å². The lowest BCUT2D eigenvalue weighted by atomic mass is 10.0. The number of imide groups is 1. The number of aliphatic carboxylic acids is 1. The minimum absolute atomic E-state index is 0.0319. The second kappa shape index (κ2) is 22.3. The van der Waals surface area contributed by atoms with Gasteiger partial charge in [0.1, 0.15) is 12.5 Å². The Hall–Kier alpha value is -2.45. The number of aryl methyl sites for hydroxylation is 1. The van der Waals surface area contributed by atoms with Crippen LogP contribution in [0.1, 0.15) is 128 Å². The highest BCUT2D eigenvalue weighted by Crippen LogP contribution is 2.16. The molecule has 0 saturated carbocycles. The fourth-order valence-electron chi connectivity index (χ4n) is 4.85. The van der Waals surface area contributed by atoms with Gasteiger partial charge in [-0.1, -0.05) is 102 Å². The number of carbonyl (C=O) groups excluding carboxylic acids is 3. The van der Waals surface area contributed by atoms with Gasteiger partial charge in [-0.05, 0) is 12.8 Å². The van der Waals surface area contributed by atoms with E-state index in [9.17, 15) is 22.8 Å². The number of unbranched alkanes of at least 4 members (excludes halogenated alkanes) is 17. The molecule has 1 aliphatic rings. The van der Waals surface area contributed by atoms with Crippen molar-refractivity contribution >= 4 is 17.8 Å². The largest absolute Gasteiger partial charge is 0.542 e. The van der Waals surface area contributed by atoms with Crippen molar-refractivity contribution in [2.24, 2.45) is 0 Å². The summed E-state index contributed by atoms with van der Waals surface area (Å²) in [5.74, 6) is -2.94. The molecule has 1 aromatic heterocycles. The van der Waals surface area contributed by atoms with Gasteiger partial charge >= 0.3 is 6.18 Å². The maximum absolute atomic E-state index is 11.6. The molecule has 0 aromatic carbocycles. The molecule has 1 aliphatic heterocycles. The van der Waals surface area contributed by atoms with E-state index in [1.807, 2.05) is 0 Å². The van der Waals surface area contributed by atoms with Crippen LogP contribution in [-0.2, 0) is 20.9 Å². The Morgan fingerprint density at radius 2 is 0.975 bits per heavy atom. The summed E-state index contributed by atoms with van der Waals surface area (Å²) in [5, 5.41) is 8.78. The molecule has 0 unspecified atom stereocenters. The third-order valence-corrected chi connectivity index (χ3v) is 7.21. The molecule has 40 heavy (non-hydrogen) atoms. The average molecular weight is 571 g/mol. The first-order chi connectivity index (χ1) is 19.2. The molecule has 1 aromatic rings. The van der Waals surface area contributed by atoms with Crippen molar-refractivity contribution in [3.05, 3.63) is 30.6 Å². The molecule has 6 nitrogen and oxygen atoms in total. The Kier molecular flexibility index (Phi) is 19.8. The lowest BCUT2D eigenvalue weighted by Gasteiger charge is -2.13. The molecular formula is C31H49F3N2O4. The van der Waals surface area contributed by atoms with Gasteiger partial charge in [0.05, 0.1) is 0 Å². The number of pyridine rings is 1. The first kappa shape index (κ1) is 35.6. The van der Waals surface area contributed by atoms with Crippen LogP contribution in [0.4, 0.5) is 13.2 Å². The minimum atomic E-state index is -5.19. The summed E-state index contributed by atoms with van der Waals surface area (Å²) >= 11 is 0. The van der Waals surface area contributed by atoms with Gasteiger partial charge < -0.3 is 9.90 Å². The fourth-order valence-corrected chi connectivity index (χ4v) is 4.85. The van der Waals surface area contributed by atoms with Crippen LogP contribution in [0.3, 0.4) is 0 Å². The van der Waals surface area contributed by atoms with Crippen molar-refractivity contribution in [2.45, 2.75) is 141 Å². The summed E-state index contributed by atoms with van der Waals surface area (Å²) < 4.78 is 33.8. The molecule has 0 radical (unpaired) electrons. The number of carboxylic acid groups (broad SMARTS) is 1. The second-order valence-corrected chi connectivity index (χ2v) is 10.7. The molecule has 2 heterocycles. The molecule has 0 atom stereocenters. The summed E-state index contributed by atoms with van der Waals surface area (Å²) in [6, 6.07) is 6.30. The molecule has 228 valence electrons. The molecule has 2 amide bonds. The van der Waals surface area contributed by atoms with E-state index in [0.29, 0.717) is 19.4 Å². The van der Waals surface area contributed by atoms with E-state index in [1.54, 1.807) is 0 Å². The highest BCUT2D eigenvalue weighted by molar-refractivity contribution is 6.01. The first-order valence-electron chi connectivity index (χ1n) is 15.3. The van der Waals surface area contributed by atoms with Crippen LogP contribution in [0.15, 0.2) is 30.6 Å². The van der Waals surface area contributed by atoms with Gasteiger partial charge in [-0.3, -0.25) is 14.5 Å². The topological polar surface area (TPSA) is 81.4 Å². The van der Waals surface area contributed by atoms with Crippen LogP contribution in [0.5, 0.6) is 0 Å². The van der Waals surface area contributed by atoms with Crippen LogP contribution in [-0.4, -0.2) is 35.4 Å². The van der Waals surface area contributed by atoms with Gasteiger partial charge in [-0.15, -0.1) is 0 Å². The molecule has 0 aliphatic carbocycles. The Labute approximate surface area is 238 Å². The van der Waals surface area contributed by atoms with Crippen LogP contribution in [0.2, 0.25) is 0 Å². The van der Waals surface area contributed by atoms with Crippen LogP contribution < -0.4 is 9.67 Å². The van der Waals surface area contributed by atoms with Crippen molar-refractivity contribution in [2.75, 3.05) is 6.54 Å². The van der Waals surface area contributed by atoms with Gasteiger partial charge in [0.2, 0.25) is 11.8 Å². The van der Waals surface area contributed by atoms with E-state index in [0.717, 1.165) is 19.4 Å². The number of halogens is 3. The summed E-state index contributed by atoms with van der Waals surface area (Å²) in [7, 11) is 0. The Morgan fingerprint density at radius 1 is 0.650 bits per heavy atom. The molecule has 0 bridgehead atoms. The normalized spacial score (nSPS) is 13.4. The number of aromatic nitrogens is 1. The number of hydrogen-bond acceptors (Lipinski definition) is 4. The quantitative estimate of drug-likeness (QED) is 0.0967. The molecule has 0 N–H and O–H groups in total. The first-order valence-corrected chi connectivity index (χ1v) is 15.3. The Bertz CT molecular complexity index is 803. The van der Waals surface area contributed by atoms with Crippen molar-refractivity contribution in [3.8, 4) is 0 Å². The standard InChI is InChI=1S/C29H49N2O2.C2HF3O2/c32-28-22-23-29(33)31(28)27-21-16-14-12-10-8-6-4-2-1-3-5-7-9-11-13-15-18-24-30-25-19-17-20-26-30;3-2(4,5)1(6)7/h17,19-20,25-26H,1-16,18,21-24,27H2;(H,6,7)/q+1;/p-1. The number of amides is 2. The molecule has 9 heteroatoms. The van der Waals surface area contributed by atoms with E-state index >= 15 is 0 Å². The maximum atomic E-state index is 11.6. The number of rotatable bonds is 21. The zero-order valence-corrected chi connectivity index (χ0v) is 24.1. The SMILES string of the molecule is O=C([O-])C(F)(F)F.O=C1CCC(=O)N1CCCCCCCCCCCCCCCCCCCC[n+]1ccccc1. The fraction of sp³-hybridized carbons (Fsp3) is 0.742. The van der Waals surface area contributed by atoms with Gasteiger partial charge in [-0.25, -0.2) is 4.57 Å². The Balaban J connectivity index is 0.00000101. The van der Waals surface area contributed by atoms with Crippen molar-refractivity contribution in [1.82, 2.24) is 4.90 Å². The van der Waals surface area contributed by atoms with Gasteiger partial charge in [-0.2, -0.15) is 13.2 Å². The zero-order chi connectivity index (χ0) is 29.5. The highest BCUT2D eigenvalue weighted by Gasteiger charge is 2.29. The van der Waals surface area contributed by atoms with E-state index in [1.165, 1.54) is 108 Å². The van der Waals surface area contributed by atoms with Crippen LogP contribution >= 0.6 is 0 Å². The molecule has 2 rings (SSSR count). The van der Waals surface area contributed by atoms with Crippen LogP contribution in [0.25, 0.3) is 0 Å². The summed E-state index contributed by atoms with van der Waals surface area (Å²) in [6.45, 7) is 1.80. The smallest absolute Gasteiger partial charge is 0.430 e. The molecule has 1 saturated heterocycles. The lowest BCUT2D eigenvalue weighted by Crippen LogP contribution is -2.37. The predicted octanol–water partition coefficient (Wildman–Crippen LogP) is 6.44. The van der Waals surface area contributed by atoms with Crippen molar-refractivity contribution in [3.63, 3.8) is 0 Å². The number of carbonyl (C=O) groups is 3. The molecular weight excluding hydrogens is 521 g/mol. The molecule has 0 spiro atoms. The van der Waals surface area contributed by atoms with E-state index in [-0.39, 0.29) is 11.8 Å². The number of nitrogens with zero attached hydrogens (tertiary/aromatic N) is 2. The van der Waals surface area contributed by atoms with Gasteiger partial charge in [0, 0.05) is 37.9 Å². The van der Waals surface area contributed by atoms with Gasteiger partial charge in [0.15, 0.2) is 12.4 Å². The second-order valence-electron chi connectivity index (χ2n) is 10.7. The monoisotopic (exact) mass is 570 g/mol. The van der Waals surface area contributed by atoms with Crippen molar-refractivity contribution < 1.29 is 37.2 Å². The van der Waals surface area contributed by atoms with Crippen molar-refractivity contribution in [1.29, 1.82) is 0 Å². The van der Waals surface area contributed by atoms with Gasteiger partial charge in [0.25, 0.3) is 0 Å². The number of hydrogen-bond donors (Lipinski definition) is 0. The van der Waals surface area contributed by atoms with E-state index in [2.05, 4.69) is 35.2 Å². The highest BCUT2D eigenvalue weighted by atomic mass is 19.4. The lowest BCUT2D eigenvalue weighted by molar-refractivity contribution is -0.697. The minimum Gasteiger partial charge on any atom is -0.542 e.